The van der Waals surface area contributed by atoms with Gasteiger partial charge in [-0.2, -0.15) is 15.2 Å². The zero-order valence-corrected chi connectivity index (χ0v) is 22.7. The van der Waals surface area contributed by atoms with Gasteiger partial charge in [0.05, 0.1) is 24.7 Å². The summed E-state index contributed by atoms with van der Waals surface area (Å²) >= 11 is 0. The molecule has 1 N–H and O–H groups in total. The van der Waals surface area contributed by atoms with E-state index in [0.29, 0.717) is 38.5 Å². The van der Waals surface area contributed by atoms with Crippen molar-refractivity contribution in [1.82, 2.24) is 20.2 Å². The van der Waals surface area contributed by atoms with Gasteiger partial charge in [0.25, 0.3) is 0 Å². The molecule has 0 amide bonds. The number of nitrogens with zero attached hydrogens (tertiary/aromatic N) is 6. The van der Waals surface area contributed by atoms with E-state index >= 15 is 0 Å². The van der Waals surface area contributed by atoms with E-state index in [1.54, 1.807) is 0 Å². The topological polar surface area (TPSA) is 80.6 Å². The number of anilines is 2. The molecule has 3 aliphatic rings. The molecule has 2 fully saturated rings. The Morgan fingerprint density at radius 1 is 1.13 bits per heavy atom. The van der Waals surface area contributed by atoms with Crippen LogP contribution in [-0.4, -0.2) is 79.5 Å². The monoisotopic (exact) mass is 529 g/mol. The normalized spacial score (nSPS) is 23.6. The number of piperazine rings is 1. The van der Waals surface area contributed by atoms with Gasteiger partial charge in [-0.1, -0.05) is 30.3 Å². The first-order chi connectivity index (χ1) is 19.0. The average molecular weight is 530 g/mol. The van der Waals surface area contributed by atoms with Crippen molar-refractivity contribution in [1.29, 1.82) is 5.26 Å². The number of nitrogens with one attached hydrogen (secondary N) is 1. The van der Waals surface area contributed by atoms with Crippen LogP contribution in [0.5, 0.6) is 6.01 Å². The Hall–Kier alpha value is -3.48. The molecule has 0 aliphatic carbocycles. The van der Waals surface area contributed by atoms with Crippen LogP contribution in [0.4, 0.5) is 15.9 Å². The lowest BCUT2D eigenvalue weighted by atomic mass is 9.99. The smallest absolute Gasteiger partial charge is 0.318 e. The molecular weight excluding hydrogens is 493 g/mol. The minimum absolute atomic E-state index is 0.0115. The van der Waals surface area contributed by atoms with Crippen molar-refractivity contribution in [2.45, 2.75) is 51.0 Å². The number of ether oxygens (including phenoxy) is 1. The van der Waals surface area contributed by atoms with Gasteiger partial charge in [-0.3, -0.25) is 4.90 Å². The van der Waals surface area contributed by atoms with E-state index in [9.17, 15) is 9.65 Å². The summed E-state index contributed by atoms with van der Waals surface area (Å²) in [5.41, 5.74) is 4.62. The molecule has 3 aliphatic heterocycles. The van der Waals surface area contributed by atoms with Gasteiger partial charge in [0.2, 0.25) is 0 Å². The molecule has 2 saturated heterocycles. The lowest BCUT2D eigenvalue weighted by Crippen LogP contribution is -2.51. The molecule has 1 aromatic heterocycles. The average Bonchev–Trinajstić information content (AvgIpc) is 3.27. The largest absolute Gasteiger partial charge is 0.462 e. The molecule has 0 spiro atoms. The molecular formula is C30H36FN7O. The summed E-state index contributed by atoms with van der Waals surface area (Å²) in [6.07, 6.45) is 0.935. The summed E-state index contributed by atoms with van der Waals surface area (Å²) in [6, 6.07) is 15.7. The molecule has 6 rings (SSSR count). The van der Waals surface area contributed by atoms with Gasteiger partial charge in [0, 0.05) is 61.4 Å². The maximum atomic E-state index is 14.0. The van der Waals surface area contributed by atoms with E-state index in [-0.39, 0.29) is 12.1 Å². The van der Waals surface area contributed by atoms with Gasteiger partial charge in [0.1, 0.15) is 18.6 Å². The number of hydrogen-bond acceptors (Lipinski definition) is 8. The van der Waals surface area contributed by atoms with Crippen LogP contribution in [0.3, 0.4) is 0 Å². The number of aromatic nitrogens is 2. The molecule has 2 aromatic carbocycles. The zero-order chi connectivity index (χ0) is 26.9. The molecule has 204 valence electrons. The molecule has 39 heavy (non-hydrogen) atoms. The first kappa shape index (κ1) is 25.8. The lowest BCUT2D eigenvalue weighted by Gasteiger charge is -2.37. The van der Waals surface area contributed by atoms with Crippen LogP contribution < -0.4 is 19.9 Å². The van der Waals surface area contributed by atoms with Crippen molar-refractivity contribution < 1.29 is 9.13 Å². The quantitative estimate of drug-likeness (QED) is 0.519. The first-order valence-electron chi connectivity index (χ1n) is 14.0. The molecule has 3 atom stereocenters. The van der Waals surface area contributed by atoms with Crippen LogP contribution >= 0.6 is 0 Å². The molecule has 0 unspecified atom stereocenters. The highest BCUT2D eigenvalue weighted by atomic mass is 19.1. The molecule has 4 heterocycles. The Morgan fingerprint density at radius 2 is 1.97 bits per heavy atom. The molecule has 0 saturated carbocycles. The van der Waals surface area contributed by atoms with E-state index < -0.39 is 6.17 Å². The van der Waals surface area contributed by atoms with Gasteiger partial charge in [-0.25, -0.2) is 4.39 Å². The van der Waals surface area contributed by atoms with E-state index in [0.717, 1.165) is 49.7 Å². The number of likely N-dealkylation sites (N-methyl/N-ethyl adjacent to an activating group) is 1. The minimum Gasteiger partial charge on any atom is -0.462 e. The fourth-order valence-corrected chi connectivity index (χ4v) is 6.33. The van der Waals surface area contributed by atoms with Crippen LogP contribution in [-0.2, 0) is 13.0 Å². The van der Waals surface area contributed by atoms with E-state index in [2.05, 4.69) is 64.5 Å². The summed E-state index contributed by atoms with van der Waals surface area (Å²) in [5, 5.41) is 15.2. The second-order valence-electron chi connectivity index (χ2n) is 11.1. The lowest BCUT2D eigenvalue weighted by molar-refractivity contribution is 0.187. The molecule has 9 heteroatoms. The maximum Gasteiger partial charge on any atom is 0.318 e. The van der Waals surface area contributed by atoms with Crippen LogP contribution in [0.25, 0.3) is 10.8 Å². The standard InChI is InChI=1S/C30H36FN7O/c1-20-5-3-6-21-7-4-8-27(28(20)21)37-13-10-25-26(18-37)34-30(39-19-24-15-22(31)16-36(24)2)35-29(25)38-14-12-33-23(17-38)9-11-32/h3-8,22-24,33H,9-10,12-19H2,1-2H3/t22-,23+,24+/m1/s1. The van der Waals surface area contributed by atoms with Gasteiger partial charge in [-0.05, 0) is 43.8 Å². The summed E-state index contributed by atoms with van der Waals surface area (Å²) in [7, 11) is 1.94. The van der Waals surface area contributed by atoms with Crippen LogP contribution in [0.1, 0.15) is 29.7 Å². The predicted octanol–water partition coefficient (Wildman–Crippen LogP) is 3.61. The van der Waals surface area contributed by atoms with E-state index in [1.807, 2.05) is 11.9 Å². The summed E-state index contributed by atoms with van der Waals surface area (Å²) < 4.78 is 20.1. The third-order valence-electron chi connectivity index (χ3n) is 8.39. The zero-order valence-electron chi connectivity index (χ0n) is 22.7. The number of likely N-dealkylation sites (tertiary alicyclic amines) is 1. The Morgan fingerprint density at radius 3 is 2.77 bits per heavy atom. The van der Waals surface area contributed by atoms with E-state index in [1.165, 1.54) is 22.0 Å². The first-order valence-corrected chi connectivity index (χ1v) is 14.0. The second-order valence-corrected chi connectivity index (χ2v) is 11.1. The van der Waals surface area contributed by atoms with Crippen molar-refractivity contribution in [2.24, 2.45) is 0 Å². The van der Waals surface area contributed by atoms with Crippen LogP contribution in [0, 0.1) is 18.3 Å². The highest BCUT2D eigenvalue weighted by Crippen LogP contribution is 2.35. The molecule has 8 nitrogen and oxygen atoms in total. The molecule has 3 aromatic rings. The fourth-order valence-electron chi connectivity index (χ4n) is 6.33. The van der Waals surface area contributed by atoms with Gasteiger partial charge in [-0.15, -0.1) is 0 Å². The Labute approximate surface area is 229 Å². The van der Waals surface area contributed by atoms with Crippen LogP contribution in [0.15, 0.2) is 36.4 Å². The third-order valence-corrected chi connectivity index (χ3v) is 8.39. The van der Waals surface area contributed by atoms with Crippen molar-refractivity contribution in [3.8, 4) is 12.1 Å². The number of rotatable bonds is 6. The fraction of sp³-hybridized carbons (Fsp3) is 0.500. The number of nitriles is 1. The number of hydrogen-bond donors (Lipinski definition) is 1. The van der Waals surface area contributed by atoms with Gasteiger partial charge in [0.15, 0.2) is 0 Å². The van der Waals surface area contributed by atoms with Gasteiger partial charge < -0.3 is 19.9 Å². The Bertz CT molecular complexity index is 1390. The predicted molar refractivity (Wildman–Crippen MR) is 151 cm³/mol. The second kappa shape index (κ2) is 10.9. The van der Waals surface area contributed by atoms with Gasteiger partial charge >= 0.3 is 6.01 Å². The Kier molecular flexibility index (Phi) is 7.24. The van der Waals surface area contributed by atoms with Crippen molar-refractivity contribution >= 4 is 22.3 Å². The highest BCUT2D eigenvalue weighted by molar-refractivity contribution is 5.97. The van der Waals surface area contributed by atoms with E-state index in [4.69, 9.17) is 14.7 Å². The highest BCUT2D eigenvalue weighted by Gasteiger charge is 2.32. The summed E-state index contributed by atoms with van der Waals surface area (Å²) in [6.45, 7) is 6.83. The number of benzene rings is 2. The SMILES string of the molecule is Cc1cccc2cccc(N3CCc4c(nc(OC[C@@H]5C[C@@H](F)CN5C)nc4N4CCN[C@@H](CC#N)C4)C3)c12. The maximum absolute atomic E-state index is 14.0. The van der Waals surface area contributed by atoms with Crippen LogP contribution in [0.2, 0.25) is 0 Å². The number of fused-ring (bicyclic) bond motifs is 2. The number of alkyl halides is 1. The minimum atomic E-state index is -0.820. The number of halogens is 1. The number of aryl methyl sites for hydroxylation is 1. The van der Waals surface area contributed by atoms with Crippen molar-refractivity contribution in [3.63, 3.8) is 0 Å². The molecule has 0 radical (unpaired) electrons. The van der Waals surface area contributed by atoms with Crippen molar-refractivity contribution in [3.05, 3.63) is 53.2 Å². The Balaban J connectivity index is 1.33. The summed E-state index contributed by atoms with van der Waals surface area (Å²) in [5.74, 6) is 0.913. The third kappa shape index (κ3) is 5.23. The van der Waals surface area contributed by atoms with Crippen molar-refractivity contribution in [2.75, 3.05) is 56.2 Å². The molecule has 0 bridgehead atoms. The summed E-state index contributed by atoms with van der Waals surface area (Å²) in [4.78, 5) is 16.5.